The van der Waals surface area contributed by atoms with E-state index in [-0.39, 0.29) is 4.87 Å². The van der Waals surface area contributed by atoms with Crippen LogP contribution in [0.3, 0.4) is 0 Å². The highest BCUT2D eigenvalue weighted by Gasteiger charge is 2.01. The number of aryl methyl sites for hydroxylation is 1. The molecule has 14 heavy (non-hydrogen) atoms. The lowest BCUT2D eigenvalue weighted by Crippen LogP contribution is -2.08. The first-order chi connectivity index (χ1) is 6.75. The summed E-state index contributed by atoms with van der Waals surface area (Å²) >= 11 is 1.09. The van der Waals surface area contributed by atoms with Crippen molar-refractivity contribution in [1.29, 1.82) is 0 Å². The number of para-hydroxylation sites is 1. The molecule has 0 aliphatic heterocycles. The second-order valence-corrected chi connectivity index (χ2v) is 3.73. The molecular weight excluding hydrogens is 198 g/mol. The molecule has 1 heterocycles. The number of aromatic nitrogens is 2. The maximum absolute atomic E-state index is 11.1. The van der Waals surface area contributed by atoms with E-state index >= 15 is 0 Å². The number of hydrogen-bond acceptors (Lipinski definition) is 4. The lowest BCUT2D eigenvalue weighted by Gasteiger charge is -1.99. The Balaban J connectivity index is 2.23. The third-order valence-electron chi connectivity index (χ3n) is 1.71. The number of benzene rings is 1. The molecule has 0 aliphatic rings. The third kappa shape index (κ3) is 1.82. The van der Waals surface area contributed by atoms with Crippen LogP contribution in [0.1, 0.15) is 0 Å². The molecule has 5 heteroatoms. The van der Waals surface area contributed by atoms with Crippen LogP contribution in [0.25, 0.3) is 0 Å². The predicted octanol–water partition coefficient (Wildman–Crippen LogP) is 1.59. The fraction of sp³-hybridized carbons (Fsp3) is 0.111. The highest BCUT2D eigenvalue weighted by atomic mass is 32.1. The zero-order valence-corrected chi connectivity index (χ0v) is 8.41. The molecule has 1 aromatic carbocycles. The van der Waals surface area contributed by atoms with Gasteiger partial charge in [-0.1, -0.05) is 18.2 Å². The highest BCUT2D eigenvalue weighted by molar-refractivity contribution is 7.13. The Hall–Kier alpha value is -1.62. The Labute approximate surface area is 84.8 Å². The zero-order chi connectivity index (χ0) is 9.97. The average molecular weight is 207 g/mol. The van der Waals surface area contributed by atoms with E-state index in [4.69, 9.17) is 0 Å². The van der Waals surface area contributed by atoms with E-state index in [0.29, 0.717) is 5.13 Å². The zero-order valence-electron chi connectivity index (χ0n) is 7.60. The molecule has 0 fully saturated rings. The summed E-state index contributed by atoms with van der Waals surface area (Å²) in [5.41, 5.74) is 0.932. The second kappa shape index (κ2) is 3.63. The van der Waals surface area contributed by atoms with Gasteiger partial charge < -0.3 is 5.32 Å². The molecular formula is C9H9N3OS. The van der Waals surface area contributed by atoms with Crippen molar-refractivity contribution >= 4 is 22.2 Å². The van der Waals surface area contributed by atoms with Crippen molar-refractivity contribution in [2.24, 2.45) is 7.05 Å². The van der Waals surface area contributed by atoms with Gasteiger partial charge in [-0.15, -0.1) is 5.10 Å². The van der Waals surface area contributed by atoms with Gasteiger partial charge in [-0.2, -0.15) is 0 Å². The topological polar surface area (TPSA) is 46.9 Å². The molecule has 2 aromatic rings. The molecule has 1 N–H and O–H groups in total. The van der Waals surface area contributed by atoms with Gasteiger partial charge in [0.1, 0.15) is 0 Å². The van der Waals surface area contributed by atoms with Gasteiger partial charge in [0.15, 0.2) is 0 Å². The largest absolute Gasteiger partial charge is 0.330 e. The number of nitrogens with one attached hydrogen (secondary N) is 1. The van der Waals surface area contributed by atoms with E-state index in [1.54, 1.807) is 7.05 Å². The van der Waals surface area contributed by atoms with Crippen LogP contribution < -0.4 is 10.2 Å². The monoisotopic (exact) mass is 207 g/mol. The van der Waals surface area contributed by atoms with E-state index in [2.05, 4.69) is 10.4 Å². The highest BCUT2D eigenvalue weighted by Crippen LogP contribution is 2.14. The van der Waals surface area contributed by atoms with Crippen LogP contribution in [0.5, 0.6) is 0 Å². The van der Waals surface area contributed by atoms with Gasteiger partial charge in [0.25, 0.3) is 0 Å². The molecule has 0 radical (unpaired) electrons. The van der Waals surface area contributed by atoms with Gasteiger partial charge in [0.2, 0.25) is 5.13 Å². The minimum atomic E-state index is -0.0663. The number of hydrogen-bond donors (Lipinski definition) is 1. The SMILES string of the molecule is Cn1nc(Nc2ccccc2)sc1=O. The van der Waals surface area contributed by atoms with Crippen molar-refractivity contribution in [2.45, 2.75) is 0 Å². The Morgan fingerprint density at radius 1 is 1.36 bits per heavy atom. The van der Waals surface area contributed by atoms with Gasteiger partial charge in [0.05, 0.1) is 0 Å². The van der Waals surface area contributed by atoms with Crippen molar-refractivity contribution in [3.63, 3.8) is 0 Å². The van der Waals surface area contributed by atoms with Crippen LogP contribution in [0, 0.1) is 0 Å². The molecule has 0 saturated heterocycles. The molecule has 4 nitrogen and oxygen atoms in total. The molecule has 0 saturated carbocycles. The van der Waals surface area contributed by atoms with Crippen LogP contribution in [-0.4, -0.2) is 9.78 Å². The van der Waals surface area contributed by atoms with Crippen LogP contribution >= 0.6 is 11.3 Å². The van der Waals surface area contributed by atoms with E-state index in [9.17, 15) is 4.79 Å². The van der Waals surface area contributed by atoms with Gasteiger partial charge in [-0.05, 0) is 23.5 Å². The minimum Gasteiger partial charge on any atom is -0.330 e. The van der Waals surface area contributed by atoms with E-state index < -0.39 is 0 Å². The molecule has 0 amide bonds. The fourth-order valence-corrected chi connectivity index (χ4v) is 1.71. The predicted molar refractivity (Wildman–Crippen MR) is 57.1 cm³/mol. The Kier molecular flexibility index (Phi) is 2.32. The van der Waals surface area contributed by atoms with Gasteiger partial charge in [-0.25, -0.2) is 4.68 Å². The third-order valence-corrected chi connectivity index (χ3v) is 2.53. The minimum absolute atomic E-state index is 0.0663. The number of rotatable bonds is 2. The first kappa shape index (κ1) is 8.96. The van der Waals surface area contributed by atoms with Crippen molar-refractivity contribution in [2.75, 3.05) is 5.32 Å². The number of nitrogens with zero attached hydrogens (tertiary/aromatic N) is 2. The summed E-state index contributed by atoms with van der Waals surface area (Å²) in [6.07, 6.45) is 0. The maximum Gasteiger partial charge on any atom is 0.326 e. The second-order valence-electron chi connectivity index (χ2n) is 2.79. The van der Waals surface area contributed by atoms with Crippen LogP contribution in [0.4, 0.5) is 10.8 Å². The van der Waals surface area contributed by atoms with Crippen molar-refractivity contribution < 1.29 is 0 Å². The van der Waals surface area contributed by atoms with E-state index in [1.165, 1.54) is 4.68 Å². The lowest BCUT2D eigenvalue weighted by atomic mass is 10.3. The summed E-state index contributed by atoms with van der Waals surface area (Å²) in [5.74, 6) is 0. The summed E-state index contributed by atoms with van der Waals surface area (Å²) in [6.45, 7) is 0. The smallest absolute Gasteiger partial charge is 0.326 e. The van der Waals surface area contributed by atoms with Crippen LogP contribution in [-0.2, 0) is 7.05 Å². The first-order valence-electron chi connectivity index (χ1n) is 4.12. The molecule has 0 atom stereocenters. The first-order valence-corrected chi connectivity index (χ1v) is 4.93. The van der Waals surface area contributed by atoms with Gasteiger partial charge in [-0.3, -0.25) is 4.79 Å². The lowest BCUT2D eigenvalue weighted by molar-refractivity contribution is 0.746. The summed E-state index contributed by atoms with van der Waals surface area (Å²) in [5, 5.41) is 7.68. The van der Waals surface area contributed by atoms with E-state index in [1.807, 2.05) is 30.3 Å². The molecule has 2 rings (SSSR count). The molecule has 0 bridgehead atoms. The Bertz CT molecular complexity index is 474. The molecule has 0 spiro atoms. The average Bonchev–Trinajstić information content (AvgIpc) is 2.47. The maximum atomic E-state index is 11.1. The normalized spacial score (nSPS) is 10.1. The van der Waals surface area contributed by atoms with Gasteiger partial charge in [0, 0.05) is 12.7 Å². The van der Waals surface area contributed by atoms with Crippen molar-refractivity contribution in [3.8, 4) is 0 Å². The molecule has 1 aromatic heterocycles. The summed E-state index contributed by atoms with van der Waals surface area (Å²) in [7, 11) is 1.63. The summed E-state index contributed by atoms with van der Waals surface area (Å²) < 4.78 is 1.32. The molecule has 0 aliphatic carbocycles. The fourth-order valence-electron chi connectivity index (χ4n) is 1.04. The Morgan fingerprint density at radius 3 is 2.64 bits per heavy atom. The molecule has 0 unspecified atom stereocenters. The van der Waals surface area contributed by atoms with Gasteiger partial charge >= 0.3 is 4.87 Å². The Morgan fingerprint density at radius 2 is 2.07 bits per heavy atom. The van der Waals surface area contributed by atoms with Crippen LogP contribution in [0.2, 0.25) is 0 Å². The number of anilines is 2. The molecule has 72 valence electrons. The van der Waals surface area contributed by atoms with Crippen molar-refractivity contribution in [1.82, 2.24) is 9.78 Å². The summed E-state index contributed by atoms with van der Waals surface area (Å²) in [6, 6.07) is 9.63. The summed E-state index contributed by atoms with van der Waals surface area (Å²) in [4.78, 5) is 11.0. The van der Waals surface area contributed by atoms with Crippen molar-refractivity contribution in [3.05, 3.63) is 40.0 Å². The standard InChI is InChI=1S/C9H9N3OS/c1-12-9(13)14-8(11-12)10-7-5-3-2-4-6-7/h2-6H,1H3,(H,10,11). The van der Waals surface area contributed by atoms with Crippen LogP contribution in [0.15, 0.2) is 35.1 Å². The quantitative estimate of drug-likeness (QED) is 0.813. The van der Waals surface area contributed by atoms with E-state index in [0.717, 1.165) is 17.0 Å².